The van der Waals surface area contributed by atoms with Crippen LogP contribution in [0, 0.1) is 6.92 Å². The maximum Gasteiger partial charge on any atom is 0.261 e. The number of halogens is 1. The fourth-order valence-corrected chi connectivity index (χ4v) is 1.90. The van der Waals surface area contributed by atoms with Crippen LogP contribution in [0.5, 0.6) is 0 Å². The average Bonchev–Trinajstić information content (AvgIpc) is 2.40. The molecule has 106 valence electrons. The Balaban J connectivity index is 3.04. The van der Waals surface area contributed by atoms with Crippen molar-refractivity contribution in [1.29, 1.82) is 0 Å². The summed E-state index contributed by atoms with van der Waals surface area (Å²) < 4.78 is 0.892. The number of amides is 2. The van der Waals surface area contributed by atoms with Crippen molar-refractivity contribution in [3.63, 3.8) is 0 Å². The highest BCUT2D eigenvalue weighted by Crippen LogP contribution is 2.23. The van der Waals surface area contributed by atoms with Crippen LogP contribution in [0.1, 0.15) is 5.56 Å². The van der Waals surface area contributed by atoms with Crippen LogP contribution in [0.15, 0.2) is 47.0 Å². The van der Waals surface area contributed by atoms with Gasteiger partial charge in [0.1, 0.15) is 5.57 Å². The highest BCUT2D eigenvalue weighted by atomic mass is 79.9. The predicted octanol–water partition coefficient (Wildman–Crippen LogP) is 2.90. The molecule has 0 unspecified atom stereocenters. The third-order valence-electron chi connectivity index (χ3n) is 2.68. The van der Waals surface area contributed by atoms with E-state index in [1.165, 1.54) is 17.1 Å². The van der Waals surface area contributed by atoms with Gasteiger partial charge < -0.3 is 10.2 Å². The van der Waals surface area contributed by atoms with Crippen LogP contribution >= 0.6 is 15.9 Å². The standard InChI is InChI=1S/C15H17BrN2O2/c1-5-7-11(15(20)18(3)4)14(19)17-13-9-6-8-12(16)10(13)2/h5-9H,1H2,2-4H3,(H,17,19)/b11-7-. The molecule has 0 atom stereocenters. The summed E-state index contributed by atoms with van der Waals surface area (Å²) in [5, 5.41) is 2.74. The van der Waals surface area contributed by atoms with Crippen molar-refractivity contribution in [2.45, 2.75) is 6.92 Å². The van der Waals surface area contributed by atoms with E-state index < -0.39 is 5.91 Å². The molecule has 0 aliphatic carbocycles. The molecule has 2 amide bonds. The van der Waals surface area contributed by atoms with Crippen LogP contribution in [0.25, 0.3) is 0 Å². The van der Waals surface area contributed by atoms with E-state index in [-0.39, 0.29) is 11.5 Å². The first kappa shape index (κ1) is 16.2. The van der Waals surface area contributed by atoms with Crippen molar-refractivity contribution in [3.05, 3.63) is 52.5 Å². The summed E-state index contributed by atoms with van der Waals surface area (Å²) in [6, 6.07) is 5.48. The van der Waals surface area contributed by atoms with Crippen molar-refractivity contribution in [3.8, 4) is 0 Å². The first-order valence-electron chi connectivity index (χ1n) is 5.99. The lowest BCUT2D eigenvalue weighted by Crippen LogP contribution is -2.30. The molecular formula is C15H17BrN2O2. The van der Waals surface area contributed by atoms with Gasteiger partial charge in [-0.2, -0.15) is 0 Å². The lowest BCUT2D eigenvalue weighted by molar-refractivity contribution is -0.127. The molecule has 0 aliphatic heterocycles. The second-order valence-corrected chi connectivity index (χ2v) is 5.24. The monoisotopic (exact) mass is 336 g/mol. The Kier molecular flexibility index (Phi) is 5.70. The van der Waals surface area contributed by atoms with Crippen LogP contribution in [0.3, 0.4) is 0 Å². The van der Waals surface area contributed by atoms with E-state index >= 15 is 0 Å². The molecule has 1 N–H and O–H groups in total. The molecule has 0 radical (unpaired) electrons. The first-order chi connectivity index (χ1) is 9.38. The minimum Gasteiger partial charge on any atom is -0.345 e. The zero-order valence-electron chi connectivity index (χ0n) is 11.7. The van der Waals surface area contributed by atoms with Gasteiger partial charge in [-0.15, -0.1) is 0 Å². The molecule has 0 fully saturated rings. The van der Waals surface area contributed by atoms with Gasteiger partial charge in [0.05, 0.1) is 0 Å². The Bertz CT molecular complexity index is 577. The van der Waals surface area contributed by atoms with Crippen molar-refractivity contribution < 1.29 is 9.59 Å². The summed E-state index contributed by atoms with van der Waals surface area (Å²) in [6.07, 6.45) is 2.83. The molecule has 0 heterocycles. The lowest BCUT2D eigenvalue weighted by Gasteiger charge is -2.14. The third kappa shape index (κ3) is 3.81. The van der Waals surface area contributed by atoms with Gasteiger partial charge in [-0.1, -0.05) is 34.7 Å². The molecule has 1 rings (SSSR count). The number of anilines is 1. The highest BCUT2D eigenvalue weighted by Gasteiger charge is 2.20. The maximum atomic E-state index is 12.2. The minimum absolute atomic E-state index is 0.0457. The number of carbonyl (C=O) groups excluding carboxylic acids is 2. The molecule has 0 saturated heterocycles. The Hall–Kier alpha value is -1.88. The van der Waals surface area contributed by atoms with Crippen LogP contribution in [-0.4, -0.2) is 30.8 Å². The summed E-state index contributed by atoms with van der Waals surface area (Å²) in [5.74, 6) is -0.820. The fourth-order valence-electron chi connectivity index (χ4n) is 1.54. The second kappa shape index (κ2) is 7.05. The van der Waals surface area contributed by atoms with Crippen molar-refractivity contribution in [2.75, 3.05) is 19.4 Å². The Morgan fingerprint density at radius 3 is 2.55 bits per heavy atom. The number of likely N-dealkylation sites (N-methyl/N-ethyl adjacent to an activating group) is 1. The van der Waals surface area contributed by atoms with E-state index in [2.05, 4.69) is 27.8 Å². The molecule has 1 aromatic rings. The average molecular weight is 337 g/mol. The number of benzene rings is 1. The largest absolute Gasteiger partial charge is 0.345 e. The van der Waals surface area contributed by atoms with Crippen LogP contribution < -0.4 is 5.32 Å². The number of nitrogens with zero attached hydrogens (tertiary/aromatic N) is 1. The zero-order valence-corrected chi connectivity index (χ0v) is 13.3. The number of nitrogens with one attached hydrogen (secondary N) is 1. The predicted molar refractivity (Wildman–Crippen MR) is 84.5 cm³/mol. The first-order valence-corrected chi connectivity index (χ1v) is 6.78. The van der Waals surface area contributed by atoms with Crippen LogP contribution in [0.4, 0.5) is 5.69 Å². The van der Waals surface area contributed by atoms with E-state index in [4.69, 9.17) is 0 Å². The van der Waals surface area contributed by atoms with Crippen molar-refractivity contribution in [2.24, 2.45) is 0 Å². The normalized spacial score (nSPS) is 10.9. The quantitative estimate of drug-likeness (QED) is 0.398. The van der Waals surface area contributed by atoms with Gasteiger partial charge in [-0.05, 0) is 30.7 Å². The molecule has 0 aromatic heterocycles. The van der Waals surface area contributed by atoms with Crippen molar-refractivity contribution in [1.82, 2.24) is 4.90 Å². The third-order valence-corrected chi connectivity index (χ3v) is 3.54. The molecule has 0 spiro atoms. The van der Waals surface area contributed by atoms with Crippen molar-refractivity contribution >= 4 is 33.4 Å². The molecule has 0 saturated carbocycles. The Morgan fingerprint density at radius 1 is 1.35 bits per heavy atom. The van der Waals surface area contributed by atoms with Gasteiger partial charge in [-0.3, -0.25) is 9.59 Å². The Labute approximate surface area is 127 Å². The molecular weight excluding hydrogens is 320 g/mol. The van der Waals surface area contributed by atoms with E-state index in [9.17, 15) is 9.59 Å². The summed E-state index contributed by atoms with van der Waals surface area (Å²) in [6.45, 7) is 5.41. The highest BCUT2D eigenvalue weighted by molar-refractivity contribution is 9.10. The number of hydrogen-bond donors (Lipinski definition) is 1. The topological polar surface area (TPSA) is 49.4 Å². The molecule has 4 nitrogen and oxygen atoms in total. The number of hydrogen-bond acceptors (Lipinski definition) is 2. The number of rotatable bonds is 4. The summed E-state index contributed by atoms with van der Waals surface area (Å²) >= 11 is 3.40. The number of carbonyl (C=O) groups is 2. The van der Waals surface area contributed by atoms with Gasteiger partial charge in [0.25, 0.3) is 11.8 Å². The lowest BCUT2D eigenvalue weighted by atomic mass is 10.1. The van der Waals surface area contributed by atoms with E-state index in [1.54, 1.807) is 20.2 Å². The Morgan fingerprint density at radius 2 is 2.00 bits per heavy atom. The van der Waals surface area contributed by atoms with Crippen LogP contribution in [0.2, 0.25) is 0 Å². The second-order valence-electron chi connectivity index (χ2n) is 4.38. The summed E-state index contributed by atoms with van der Waals surface area (Å²) in [7, 11) is 3.19. The van der Waals surface area contributed by atoms with Gasteiger partial charge in [0, 0.05) is 24.3 Å². The number of allylic oxidation sites excluding steroid dienone is 2. The van der Waals surface area contributed by atoms with Gasteiger partial charge in [0.15, 0.2) is 0 Å². The fraction of sp³-hybridized carbons (Fsp3) is 0.200. The van der Waals surface area contributed by atoms with Crippen LogP contribution in [-0.2, 0) is 9.59 Å². The van der Waals surface area contributed by atoms with E-state index in [1.807, 2.05) is 19.1 Å². The summed E-state index contributed by atoms with van der Waals surface area (Å²) in [5.41, 5.74) is 1.60. The molecule has 20 heavy (non-hydrogen) atoms. The summed E-state index contributed by atoms with van der Waals surface area (Å²) in [4.78, 5) is 25.5. The van der Waals surface area contributed by atoms with Gasteiger partial charge in [-0.25, -0.2) is 0 Å². The maximum absolute atomic E-state index is 12.2. The molecule has 1 aromatic carbocycles. The minimum atomic E-state index is -0.454. The molecule has 0 aliphatic rings. The molecule has 5 heteroatoms. The van der Waals surface area contributed by atoms with Gasteiger partial charge >= 0.3 is 0 Å². The van der Waals surface area contributed by atoms with E-state index in [0.29, 0.717) is 5.69 Å². The SMILES string of the molecule is C=C/C=C(/C(=O)Nc1cccc(Br)c1C)C(=O)N(C)C. The van der Waals surface area contributed by atoms with Gasteiger partial charge in [0.2, 0.25) is 0 Å². The van der Waals surface area contributed by atoms with E-state index in [0.717, 1.165) is 10.0 Å². The smallest absolute Gasteiger partial charge is 0.261 e. The molecule has 0 bridgehead atoms. The zero-order chi connectivity index (χ0) is 15.3.